The molecule has 0 aliphatic carbocycles. The molecule has 1 N–H and O–H groups in total. The van der Waals surface area contributed by atoms with E-state index >= 15 is 0 Å². The molecule has 3 aromatic rings. The van der Waals surface area contributed by atoms with E-state index in [2.05, 4.69) is 41.1 Å². The van der Waals surface area contributed by atoms with Gasteiger partial charge in [-0.15, -0.1) is 0 Å². The minimum Gasteiger partial charge on any atom is -0.451 e. The van der Waals surface area contributed by atoms with Crippen molar-refractivity contribution in [2.75, 3.05) is 32.8 Å². The molecule has 2 aromatic carbocycles. The fourth-order valence-electron chi connectivity index (χ4n) is 3.70. The molecule has 0 bridgehead atoms. The first kappa shape index (κ1) is 19.2. The predicted octanol–water partition coefficient (Wildman–Crippen LogP) is 2.98. The Morgan fingerprint density at radius 3 is 2.55 bits per heavy atom. The standard InChI is InChI=1S/C23H25N3O3/c1-17-5-4-6-18(13-17)15-25-9-11-26(12-10-25)22(27)16-29-23(28)21-14-19-7-2-3-8-20(19)24-21/h2-8,13-14,24H,9-12,15-16H2,1H3. The van der Waals surface area contributed by atoms with Crippen molar-refractivity contribution in [1.82, 2.24) is 14.8 Å². The highest BCUT2D eigenvalue weighted by Crippen LogP contribution is 2.15. The van der Waals surface area contributed by atoms with Crippen LogP contribution in [0.5, 0.6) is 0 Å². The van der Waals surface area contributed by atoms with E-state index < -0.39 is 5.97 Å². The number of amides is 1. The Bertz CT molecular complexity index is 986. The zero-order chi connectivity index (χ0) is 20.2. The molecular formula is C23H25N3O3. The van der Waals surface area contributed by atoms with Gasteiger partial charge in [0.05, 0.1) is 0 Å². The number of aromatic nitrogens is 1. The van der Waals surface area contributed by atoms with Gasteiger partial charge in [0, 0.05) is 43.6 Å². The van der Waals surface area contributed by atoms with Gasteiger partial charge in [-0.1, -0.05) is 48.0 Å². The highest BCUT2D eigenvalue weighted by Gasteiger charge is 2.22. The van der Waals surface area contributed by atoms with Crippen LogP contribution in [0.15, 0.2) is 54.6 Å². The van der Waals surface area contributed by atoms with Crippen molar-refractivity contribution in [3.63, 3.8) is 0 Å². The second-order valence-corrected chi connectivity index (χ2v) is 7.49. The smallest absolute Gasteiger partial charge is 0.355 e. The van der Waals surface area contributed by atoms with Gasteiger partial charge in [0.25, 0.3) is 5.91 Å². The first-order chi connectivity index (χ1) is 14.1. The van der Waals surface area contributed by atoms with Gasteiger partial charge >= 0.3 is 5.97 Å². The van der Waals surface area contributed by atoms with E-state index in [9.17, 15) is 9.59 Å². The van der Waals surface area contributed by atoms with Crippen molar-refractivity contribution in [3.05, 3.63) is 71.4 Å². The van der Waals surface area contributed by atoms with E-state index in [0.717, 1.165) is 30.5 Å². The van der Waals surface area contributed by atoms with Crippen molar-refractivity contribution in [2.24, 2.45) is 0 Å². The Kier molecular flexibility index (Phi) is 5.62. The SMILES string of the molecule is Cc1cccc(CN2CCN(C(=O)COC(=O)c3cc4ccccc4[nH]3)CC2)c1. The summed E-state index contributed by atoms with van der Waals surface area (Å²) < 4.78 is 5.23. The summed E-state index contributed by atoms with van der Waals surface area (Å²) in [5.74, 6) is -0.655. The zero-order valence-corrected chi connectivity index (χ0v) is 16.6. The largest absolute Gasteiger partial charge is 0.451 e. The van der Waals surface area contributed by atoms with E-state index in [1.54, 1.807) is 11.0 Å². The lowest BCUT2D eigenvalue weighted by atomic mass is 10.1. The third kappa shape index (κ3) is 4.66. The first-order valence-corrected chi connectivity index (χ1v) is 9.89. The molecule has 0 atom stereocenters. The van der Waals surface area contributed by atoms with Crippen LogP contribution in [-0.4, -0.2) is 59.4 Å². The number of benzene rings is 2. The number of carbonyl (C=O) groups is 2. The minimum absolute atomic E-state index is 0.148. The summed E-state index contributed by atoms with van der Waals surface area (Å²) in [6, 6.07) is 17.9. The fraction of sp³-hybridized carbons (Fsp3) is 0.304. The van der Waals surface area contributed by atoms with Crippen molar-refractivity contribution in [3.8, 4) is 0 Å². The minimum atomic E-state index is -0.507. The van der Waals surface area contributed by atoms with Crippen LogP contribution in [0.3, 0.4) is 0 Å². The molecule has 0 spiro atoms. The molecule has 1 amide bonds. The quantitative estimate of drug-likeness (QED) is 0.679. The molecule has 1 aliphatic rings. The molecule has 4 rings (SSSR count). The number of rotatable bonds is 5. The Morgan fingerprint density at radius 2 is 1.79 bits per heavy atom. The number of hydrogen-bond donors (Lipinski definition) is 1. The van der Waals surface area contributed by atoms with Gasteiger partial charge < -0.3 is 14.6 Å². The number of esters is 1. The molecule has 6 nitrogen and oxygen atoms in total. The van der Waals surface area contributed by atoms with E-state index in [4.69, 9.17) is 4.74 Å². The van der Waals surface area contributed by atoms with Crippen LogP contribution in [0.4, 0.5) is 0 Å². The average molecular weight is 391 g/mol. The van der Waals surface area contributed by atoms with E-state index in [1.165, 1.54) is 11.1 Å². The van der Waals surface area contributed by atoms with E-state index in [1.807, 2.05) is 24.3 Å². The molecule has 0 radical (unpaired) electrons. The molecule has 1 saturated heterocycles. The number of ether oxygens (including phenoxy) is 1. The molecule has 1 fully saturated rings. The molecular weight excluding hydrogens is 366 g/mol. The number of piperazine rings is 1. The van der Waals surface area contributed by atoms with Crippen LogP contribution in [0.25, 0.3) is 10.9 Å². The zero-order valence-electron chi connectivity index (χ0n) is 16.6. The number of nitrogens with one attached hydrogen (secondary N) is 1. The van der Waals surface area contributed by atoms with Crippen LogP contribution in [0.2, 0.25) is 0 Å². The molecule has 0 unspecified atom stereocenters. The first-order valence-electron chi connectivity index (χ1n) is 9.89. The maximum Gasteiger partial charge on any atom is 0.355 e. The normalized spacial score (nSPS) is 14.9. The van der Waals surface area contributed by atoms with Crippen LogP contribution in [0.1, 0.15) is 21.6 Å². The van der Waals surface area contributed by atoms with Crippen LogP contribution < -0.4 is 0 Å². The lowest BCUT2D eigenvalue weighted by molar-refractivity contribution is -0.136. The van der Waals surface area contributed by atoms with E-state index in [0.29, 0.717) is 18.8 Å². The Balaban J connectivity index is 1.25. The number of hydrogen-bond acceptors (Lipinski definition) is 4. The van der Waals surface area contributed by atoms with Crippen LogP contribution in [0, 0.1) is 6.92 Å². The van der Waals surface area contributed by atoms with Crippen LogP contribution in [-0.2, 0) is 16.1 Å². The summed E-state index contributed by atoms with van der Waals surface area (Å²) in [5, 5.41) is 0.940. The summed E-state index contributed by atoms with van der Waals surface area (Å²) in [6.07, 6.45) is 0. The molecule has 150 valence electrons. The third-order valence-corrected chi connectivity index (χ3v) is 5.29. The number of para-hydroxylation sites is 1. The highest BCUT2D eigenvalue weighted by molar-refractivity contribution is 5.95. The maximum atomic E-state index is 12.4. The molecule has 6 heteroatoms. The summed E-state index contributed by atoms with van der Waals surface area (Å²) in [6.45, 7) is 5.68. The summed E-state index contributed by atoms with van der Waals surface area (Å²) in [4.78, 5) is 31.8. The van der Waals surface area contributed by atoms with Gasteiger partial charge in [-0.2, -0.15) is 0 Å². The lowest BCUT2D eigenvalue weighted by Gasteiger charge is -2.34. The second-order valence-electron chi connectivity index (χ2n) is 7.49. The fourth-order valence-corrected chi connectivity index (χ4v) is 3.70. The van der Waals surface area contributed by atoms with Crippen molar-refractivity contribution in [1.29, 1.82) is 0 Å². The highest BCUT2D eigenvalue weighted by atomic mass is 16.5. The Morgan fingerprint density at radius 1 is 1.00 bits per heavy atom. The molecule has 0 saturated carbocycles. The molecule has 2 heterocycles. The van der Waals surface area contributed by atoms with Crippen molar-refractivity contribution in [2.45, 2.75) is 13.5 Å². The molecule has 29 heavy (non-hydrogen) atoms. The summed E-state index contributed by atoms with van der Waals surface area (Å²) in [7, 11) is 0. The second kappa shape index (κ2) is 8.49. The number of fused-ring (bicyclic) bond motifs is 1. The van der Waals surface area contributed by atoms with Crippen molar-refractivity contribution < 1.29 is 14.3 Å². The van der Waals surface area contributed by atoms with Gasteiger partial charge in [0.1, 0.15) is 5.69 Å². The van der Waals surface area contributed by atoms with Gasteiger partial charge in [0.15, 0.2) is 6.61 Å². The topological polar surface area (TPSA) is 65.6 Å². The predicted molar refractivity (Wildman–Crippen MR) is 112 cm³/mol. The number of H-pyrrole nitrogens is 1. The van der Waals surface area contributed by atoms with Crippen LogP contribution >= 0.6 is 0 Å². The average Bonchev–Trinajstić information content (AvgIpc) is 3.17. The van der Waals surface area contributed by atoms with E-state index in [-0.39, 0.29) is 12.5 Å². The van der Waals surface area contributed by atoms with Gasteiger partial charge in [-0.3, -0.25) is 9.69 Å². The van der Waals surface area contributed by atoms with Gasteiger partial charge in [-0.25, -0.2) is 4.79 Å². The molecule has 1 aromatic heterocycles. The monoisotopic (exact) mass is 391 g/mol. The number of aromatic amines is 1. The number of nitrogens with zero attached hydrogens (tertiary/aromatic N) is 2. The summed E-state index contributed by atoms with van der Waals surface area (Å²) >= 11 is 0. The Hall–Kier alpha value is -3.12. The number of aryl methyl sites for hydroxylation is 1. The maximum absolute atomic E-state index is 12.4. The third-order valence-electron chi connectivity index (χ3n) is 5.29. The van der Waals surface area contributed by atoms with Gasteiger partial charge in [0.2, 0.25) is 0 Å². The summed E-state index contributed by atoms with van der Waals surface area (Å²) in [5.41, 5.74) is 3.78. The van der Waals surface area contributed by atoms with Gasteiger partial charge in [-0.05, 0) is 24.6 Å². The number of carbonyl (C=O) groups excluding carboxylic acids is 2. The molecule has 1 aliphatic heterocycles. The van der Waals surface area contributed by atoms with Crippen molar-refractivity contribution >= 4 is 22.8 Å². The lowest BCUT2D eigenvalue weighted by Crippen LogP contribution is -2.49. The Labute approximate surface area is 170 Å².